The van der Waals surface area contributed by atoms with Crippen LogP contribution in [-0.4, -0.2) is 11.6 Å². The fourth-order valence-electron chi connectivity index (χ4n) is 1.37. The lowest BCUT2D eigenvalue weighted by Gasteiger charge is -2.30. The van der Waals surface area contributed by atoms with Gasteiger partial charge in [-0.25, -0.2) is 0 Å². The van der Waals surface area contributed by atoms with E-state index in [9.17, 15) is 0 Å². The maximum Gasteiger partial charge on any atom is 0.110 e. The van der Waals surface area contributed by atoms with Crippen molar-refractivity contribution in [2.24, 2.45) is 11.1 Å². The summed E-state index contributed by atoms with van der Waals surface area (Å²) in [6, 6.07) is 0.00859. The Morgan fingerprint density at radius 2 is 2.00 bits per heavy atom. The molecule has 0 amide bonds. The molecule has 1 heterocycles. The van der Waals surface area contributed by atoms with Gasteiger partial charge in [-0.05, 0) is 25.3 Å². The quantitative estimate of drug-likeness (QED) is 0.677. The molecule has 1 aliphatic rings. The molecular weight excluding hydrogens is 162 g/mol. The van der Waals surface area contributed by atoms with E-state index in [1.807, 2.05) is 0 Å². The average Bonchev–Trinajstić information content (AvgIpc) is 2.26. The van der Waals surface area contributed by atoms with Crippen LogP contribution in [-0.2, 0) is 4.74 Å². The third kappa shape index (κ3) is 2.47. The fourth-order valence-corrected chi connectivity index (χ4v) is 1.37. The predicted molar refractivity (Wildman–Crippen MR) is 55.3 cm³/mol. The smallest absolute Gasteiger partial charge is 0.110 e. The van der Waals surface area contributed by atoms with E-state index in [2.05, 4.69) is 40.7 Å². The van der Waals surface area contributed by atoms with Gasteiger partial charge in [0.2, 0.25) is 0 Å². The standard InChI is InChI=1S/C11H21NO/c1-10(2,3)9(12)8-6-7-11(4,5)13-8/h6,9H,7,12H2,1-5H3/t9-/m0/s1. The molecule has 0 fully saturated rings. The summed E-state index contributed by atoms with van der Waals surface area (Å²) in [5, 5.41) is 0. The fraction of sp³-hybridized carbons (Fsp3) is 0.818. The zero-order valence-electron chi connectivity index (χ0n) is 9.35. The van der Waals surface area contributed by atoms with Crippen molar-refractivity contribution in [1.29, 1.82) is 0 Å². The molecule has 2 N–H and O–H groups in total. The lowest BCUT2D eigenvalue weighted by Crippen LogP contribution is -2.38. The topological polar surface area (TPSA) is 35.2 Å². The second-order valence-electron chi connectivity index (χ2n) is 5.52. The van der Waals surface area contributed by atoms with Gasteiger partial charge in [-0.3, -0.25) is 0 Å². The van der Waals surface area contributed by atoms with Crippen LogP contribution in [0.3, 0.4) is 0 Å². The van der Waals surface area contributed by atoms with Crippen LogP contribution in [0.15, 0.2) is 11.8 Å². The molecular formula is C11H21NO. The summed E-state index contributed by atoms with van der Waals surface area (Å²) in [7, 11) is 0. The summed E-state index contributed by atoms with van der Waals surface area (Å²) in [5.41, 5.74) is 6.10. The Hall–Kier alpha value is -0.500. The van der Waals surface area contributed by atoms with Crippen molar-refractivity contribution >= 4 is 0 Å². The Morgan fingerprint density at radius 3 is 2.31 bits per heavy atom. The Balaban J connectivity index is 2.67. The third-order valence-corrected chi connectivity index (χ3v) is 2.43. The highest BCUT2D eigenvalue weighted by Gasteiger charge is 2.33. The highest BCUT2D eigenvalue weighted by Crippen LogP contribution is 2.33. The van der Waals surface area contributed by atoms with Gasteiger partial charge in [0.05, 0.1) is 6.04 Å². The summed E-state index contributed by atoms with van der Waals surface area (Å²) >= 11 is 0. The molecule has 0 radical (unpaired) electrons. The van der Waals surface area contributed by atoms with Crippen LogP contribution in [0.5, 0.6) is 0 Å². The van der Waals surface area contributed by atoms with Gasteiger partial charge in [-0.1, -0.05) is 20.8 Å². The molecule has 0 saturated carbocycles. The van der Waals surface area contributed by atoms with Crippen molar-refractivity contribution in [1.82, 2.24) is 0 Å². The van der Waals surface area contributed by atoms with Gasteiger partial charge in [-0.15, -0.1) is 0 Å². The van der Waals surface area contributed by atoms with Crippen LogP contribution in [0, 0.1) is 5.41 Å². The molecule has 1 atom stereocenters. The number of rotatable bonds is 1. The molecule has 1 rings (SSSR count). The SMILES string of the molecule is CC1(C)CC=C([C@H](N)C(C)(C)C)O1. The number of nitrogens with two attached hydrogens (primary N) is 1. The first-order valence-electron chi connectivity index (χ1n) is 4.87. The number of hydrogen-bond acceptors (Lipinski definition) is 2. The molecule has 0 bridgehead atoms. The molecule has 0 aromatic rings. The second kappa shape index (κ2) is 3.02. The van der Waals surface area contributed by atoms with Gasteiger partial charge in [-0.2, -0.15) is 0 Å². The molecule has 0 aliphatic carbocycles. The Labute approximate surface area is 81.1 Å². The Morgan fingerprint density at radius 1 is 1.46 bits per heavy atom. The molecule has 13 heavy (non-hydrogen) atoms. The van der Waals surface area contributed by atoms with Gasteiger partial charge < -0.3 is 10.5 Å². The predicted octanol–water partition coefficient (Wildman–Crippen LogP) is 2.44. The minimum absolute atomic E-state index is 0.00859. The zero-order chi connectivity index (χ0) is 10.3. The van der Waals surface area contributed by atoms with E-state index in [0.717, 1.165) is 12.2 Å². The molecule has 0 aromatic carbocycles. The lowest BCUT2D eigenvalue weighted by atomic mass is 9.86. The molecule has 0 saturated heterocycles. The third-order valence-electron chi connectivity index (χ3n) is 2.43. The van der Waals surface area contributed by atoms with Gasteiger partial charge in [0.25, 0.3) is 0 Å². The summed E-state index contributed by atoms with van der Waals surface area (Å²) in [5.74, 6) is 0.956. The summed E-state index contributed by atoms with van der Waals surface area (Å²) in [6.07, 6.45) is 3.09. The second-order valence-corrected chi connectivity index (χ2v) is 5.52. The normalized spacial score (nSPS) is 23.7. The van der Waals surface area contributed by atoms with E-state index in [1.165, 1.54) is 0 Å². The van der Waals surface area contributed by atoms with Crippen LogP contribution < -0.4 is 5.73 Å². The van der Waals surface area contributed by atoms with Crippen molar-refractivity contribution in [3.8, 4) is 0 Å². The van der Waals surface area contributed by atoms with Crippen LogP contribution in [0.2, 0.25) is 0 Å². The van der Waals surface area contributed by atoms with E-state index in [0.29, 0.717) is 0 Å². The van der Waals surface area contributed by atoms with E-state index in [1.54, 1.807) is 0 Å². The average molecular weight is 183 g/mol. The summed E-state index contributed by atoms with van der Waals surface area (Å²) in [6.45, 7) is 10.6. The lowest BCUT2D eigenvalue weighted by molar-refractivity contribution is 0.0428. The van der Waals surface area contributed by atoms with Crippen LogP contribution in [0.1, 0.15) is 41.0 Å². The van der Waals surface area contributed by atoms with Gasteiger partial charge in [0.15, 0.2) is 0 Å². The number of hydrogen-bond donors (Lipinski definition) is 1. The first-order chi connectivity index (χ1) is 5.72. The number of ether oxygens (including phenoxy) is 1. The van der Waals surface area contributed by atoms with Crippen molar-refractivity contribution < 1.29 is 4.74 Å². The zero-order valence-corrected chi connectivity index (χ0v) is 9.35. The Bertz CT molecular complexity index is 223. The summed E-state index contributed by atoms with van der Waals surface area (Å²) < 4.78 is 5.77. The van der Waals surface area contributed by atoms with E-state index in [-0.39, 0.29) is 17.1 Å². The van der Waals surface area contributed by atoms with Crippen LogP contribution in [0.25, 0.3) is 0 Å². The van der Waals surface area contributed by atoms with E-state index >= 15 is 0 Å². The molecule has 0 aromatic heterocycles. The monoisotopic (exact) mass is 183 g/mol. The molecule has 2 nitrogen and oxygen atoms in total. The molecule has 0 unspecified atom stereocenters. The highest BCUT2D eigenvalue weighted by atomic mass is 16.5. The van der Waals surface area contributed by atoms with Crippen molar-refractivity contribution in [3.05, 3.63) is 11.8 Å². The maximum absolute atomic E-state index is 6.08. The van der Waals surface area contributed by atoms with Gasteiger partial charge >= 0.3 is 0 Å². The highest BCUT2D eigenvalue weighted by molar-refractivity contribution is 5.13. The minimum atomic E-state index is -0.0573. The minimum Gasteiger partial charge on any atom is -0.491 e. The Kier molecular flexibility index (Phi) is 2.46. The van der Waals surface area contributed by atoms with Crippen LogP contribution >= 0.6 is 0 Å². The summed E-state index contributed by atoms with van der Waals surface area (Å²) in [4.78, 5) is 0. The van der Waals surface area contributed by atoms with Gasteiger partial charge in [0, 0.05) is 6.42 Å². The van der Waals surface area contributed by atoms with Crippen molar-refractivity contribution in [2.75, 3.05) is 0 Å². The molecule has 76 valence electrons. The van der Waals surface area contributed by atoms with Crippen molar-refractivity contribution in [3.63, 3.8) is 0 Å². The maximum atomic E-state index is 6.08. The molecule has 1 aliphatic heterocycles. The van der Waals surface area contributed by atoms with Crippen LogP contribution in [0.4, 0.5) is 0 Å². The molecule has 0 spiro atoms. The van der Waals surface area contributed by atoms with Crippen molar-refractivity contribution in [2.45, 2.75) is 52.7 Å². The first-order valence-corrected chi connectivity index (χ1v) is 4.87. The largest absolute Gasteiger partial charge is 0.491 e. The van der Waals surface area contributed by atoms with E-state index < -0.39 is 0 Å². The molecule has 2 heteroatoms. The van der Waals surface area contributed by atoms with E-state index in [4.69, 9.17) is 10.5 Å². The van der Waals surface area contributed by atoms with Gasteiger partial charge in [0.1, 0.15) is 11.4 Å². The first kappa shape index (κ1) is 10.6.